The average Bonchev–Trinajstić information content (AvgIpc) is 3.48. The minimum Gasteiger partial charge on any atom is -0.383 e. The molecule has 0 aliphatic carbocycles. The Balaban J connectivity index is 1.53. The number of hydrogen-bond donors (Lipinski definition) is 3. The number of methoxy groups -OCH3 is 1. The molecule has 0 saturated carbocycles. The maximum atomic E-state index is 8.46. The lowest BCUT2D eigenvalue weighted by Gasteiger charge is -2.30. The van der Waals surface area contributed by atoms with Gasteiger partial charge in [-0.2, -0.15) is 0 Å². The van der Waals surface area contributed by atoms with Gasteiger partial charge in [0, 0.05) is 63.6 Å². The molecule has 0 unspecified atom stereocenters. The van der Waals surface area contributed by atoms with Gasteiger partial charge in [-0.3, -0.25) is 4.90 Å². The first kappa shape index (κ1) is 26.9. The number of nitrogens with zero attached hydrogens (tertiary/aromatic N) is 4. The number of unbranched alkanes of at least 4 members (excludes halogenated alkanes) is 2. The molecule has 0 spiro atoms. The lowest BCUT2D eigenvalue weighted by atomic mass is 10.00. The largest absolute Gasteiger partial charge is 0.383 e. The molecule has 8 heteroatoms. The Kier molecular flexibility index (Phi) is 9.41. The molecule has 200 valence electrons. The van der Waals surface area contributed by atoms with Crippen LogP contribution in [0.25, 0.3) is 5.69 Å². The van der Waals surface area contributed by atoms with Crippen molar-refractivity contribution < 1.29 is 4.74 Å². The Labute approximate surface area is 221 Å². The standard InChI is InChI=1S/C29H43N7O/c1-5-6-8-11-24-20-35(17-15-27(24)30)29-22(2)28(36(33-29)26-12-9-7-10-13-26)32-23(3)31-25-14-16-34(21-25)18-19-37-4/h7,9-13,25,30-32H,3,5-6,8,14-21H2,1-2,4H3/b24-11-,30-27?/t25-/m0/s1. The lowest BCUT2D eigenvalue weighted by Crippen LogP contribution is -2.36. The lowest BCUT2D eigenvalue weighted by molar-refractivity contribution is 0.160. The maximum absolute atomic E-state index is 8.46. The van der Waals surface area contributed by atoms with E-state index in [-0.39, 0.29) is 0 Å². The van der Waals surface area contributed by atoms with Gasteiger partial charge < -0.3 is 25.7 Å². The van der Waals surface area contributed by atoms with E-state index in [1.165, 1.54) is 6.42 Å². The fourth-order valence-electron chi connectivity index (χ4n) is 5.12. The Morgan fingerprint density at radius 1 is 1.27 bits per heavy atom. The number of hydrogen-bond acceptors (Lipinski definition) is 7. The summed E-state index contributed by atoms with van der Waals surface area (Å²) in [6, 6.07) is 10.6. The van der Waals surface area contributed by atoms with E-state index in [2.05, 4.69) is 59.1 Å². The van der Waals surface area contributed by atoms with Crippen LogP contribution in [0.15, 0.2) is 54.4 Å². The van der Waals surface area contributed by atoms with Gasteiger partial charge in [-0.05, 0) is 37.5 Å². The predicted molar refractivity (Wildman–Crippen MR) is 153 cm³/mol. The third-order valence-corrected chi connectivity index (χ3v) is 7.26. The van der Waals surface area contributed by atoms with E-state index < -0.39 is 0 Å². The van der Waals surface area contributed by atoms with Crippen molar-refractivity contribution in [2.75, 3.05) is 56.7 Å². The zero-order valence-electron chi connectivity index (χ0n) is 22.7. The van der Waals surface area contributed by atoms with Gasteiger partial charge in [0.2, 0.25) is 0 Å². The van der Waals surface area contributed by atoms with Gasteiger partial charge in [0.1, 0.15) is 5.82 Å². The van der Waals surface area contributed by atoms with Crippen molar-refractivity contribution in [3.8, 4) is 5.69 Å². The van der Waals surface area contributed by atoms with Crippen molar-refractivity contribution in [3.63, 3.8) is 0 Å². The molecule has 2 aromatic rings. The van der Waals surface area contributed by atoms with Crippen LogP contribution in [-0.4, -0.2) is 72.9 Å². The normalized spacial score (nSPS) is 19.5. The van der Waals surface area contributed by atoms with Crippen LogP contribution in [-0.2, 0) is 4.74 Å². The molecular weight excluding hydrogens is 462 g/mol. The second kappa shape index (κ2) is 12.9. The number of benzene rings is 1. The summed E-state index contributed by atoms with van der Waals surface area (Å²) in [6.07, 6.45) is 7.44. The topological polar surface area (TPSA) is 81.4 Å². The summed E-state index contributed by atoms with van der Waals surface area (Å²) < 4.78 is 7.22. The molecule has 2 fully saturated rings. The number of nitrogens with one attached hydrogen (secondary N) is 3. The van der Waals surface area contributed by atoms with Gasteiger partial charge in [-0.15, -0.1) is 5.10 Å². The van der Waals surface area contributed by atoms with Crippen LogP contribution >= 0.6 is 0 Å². The summed E-state index contributed by atoms with van der Waals surface area (Å²) in [5.41, 5.74) is 3.98. The van der Waals surface area contributed by atoms with Gasteiger partial charge in [0.15, 0.2) is 5.82 Å². The van der Waals surface area contributed by atoms with Crippen molar-refractivity contribution in [3.05, 3.63) is 59.9 Å². The van der Waals surface area contributed by atoms with Crippen molar-refractivity contribution in [1.29, 1.82) is 5.41 Å². The number of aromatic nitrogens is 2. The fourth-order valence-corrected chi connectivity index (χ4v) is 5.12. The van der Waals surface area contributed by atoms with Gasteiger partial charge in [0.05, 0.1) is 18.1 Å². The molecule has 2 aliphatic rings. The van der Waals surface area contributed by atoms with E-state index in [0.29, 0.717) is 6.04 Å². The van der Waals surface area contributed by atoms with Crippen molar-refractivity contribution >= 4 is 17.3 Å². The zero-order valence-corrected chi connectivity index (χ0v) is 22.7. The van der Waals surface area contributed by atoms with E-state index in [9.17, 15) is 0 Å². The molecule has 0 radical (unpaired) electrons. The van der Waals surface area contributed by atoms with Crippen LogP contribution in [0.2, 0.25) is 0 Å². The smallest absolute Gasteiger partial charge is 0.156 e. The van der Waals surface area contributed by atoms with Crippen LogP contribution in [0.3, 0.4) is 0 Å². The molecule has 3 N–H and O–H groups in total. The maximum Gasteiger partial charge on any atom is 0.156 e. The van der Waals surface area contributed by atoms with Crippen molar-refractivity contribution in [2.45, 2.75) is 52.0 Å². The van der Waals surface area contributed by atoms with Crippen LogP contribution in [0, 0.1) is 12.3 Å². The van der Waals surface area contributed by atoms with E-state index in [4.69, 9.17) is 15.2 Å². The van der Waals surface area contributed by atoms with E-state index in [0.717, 1.165) is 105 Å². The molecular formula is C29H43N7O. The Morgan fingerprint density at radius 2 is 2.08 bits per heavy atom. The molecule has 1 atom stereocenters. The fraction of sp³-hybridized carbons (Fsp3) is 0.517. The highest BCUT2D eigenvalue weighted by Gasteiger charge is 2.27. The predicted octanol–water partition coefficient (Wildman–Crippen LogP) is 4.72. The highest BCUT2D eigenvalue weighted by Crippen LogP contribution is 2.32. The highest BCUT2D eigenvalue weighted by molar-refractivity contribution is 6.00. The molecule has 2 aliphatic heterocycles. The summed E-state index contributed by atoms with van der Waals surface area (Å²) in [4.78, 5) is 4.74. The first-order chi connectivity index (χ1) is 18.0. The molecule has 2 saturated heterocycles. The molecule has 0 amide bonds. The van der Waals surface area contributed by atoms with E-state index in [1.807, 2.05) is 22.9 Å². The summed E-state index contributed by atoms with van der Waals surface area (Å²) in [5.74, 6) is 2.66. The Bertz CT molecular complexity index is 1090. The molecule has 3 heterocycles. The third-order valence-electron chi connectivity index (χ3n) is 7.26. The van der Waals surface area contributed by atoms with Gasteiger partial charge in [-0.1, -0.05) is 50.6 Å². The number of likely N-dealkylation sites (tertiary alicyclic amines) is 1. The monoisotopic (exact) mass is 505 g/mol. The summed E-state index contributed by atoms with van der Waals surface area (Å²) >= 11 is 0. The number of allylic oxidation sites excluding steroid dienone is 1. The first-order valence-corrected chi connectivity index (χ1v) is 13.6. The first-order valence-electron chi connectivity index (χ1n) is 13.6. The molecule has 1 aromatic carbocycles. The quantitative estimate of drug-likeness (QED) is 0.362. The number of anilines is 2. The number of rotatable bonds is 12. The molecule has 0 bridgehead atoms. The molecule has 8 nitrogen and oxygen atoms in total. The number of ether oxygens (including phenoxy) is 1. The van der Waals surface area contributed by atoms with Crippen LogP contribution in [0.1, 0.15) is 44.6 Å². The van der Waals surface area contributed by atoms with Crippen LogP contribution in [0.4, 0.5) is 11.6 Å². The summed E-state index contributed by atoms with van der Waals surface area (Å²) in [6.45, 7) is 13.9. The third kappa shape index (κ3) is 6.81. The van der Waals surface area contributed by atoms with Gasteiger partial charge >= 0.3 is 0 Å². The van der Waals surface area contributed by atoms with E-state index >= 15 is 0 Å². The van der Waals surface area contributed by atoms with Gasteiger partial charge in [-0.25, -0.2) is 4.68 Å². The highest BCUT2D eigenvalue weighted by atomic mass is 16.5. The minimum atomic E-state index is 0.355. The molecule has 4 rings (SSSR count). The number of piperidine rings is 1. The van der Waals surface area contributed by atoms with Crippen LogP contribution in [0.5, 0.6) is 0 Å². The molecule has 1 aromatic heterocycles. The second-order valence-corrected chi connectivity index (χ2v) is 10.1. The van der Waals surface area contributed by atoms with Gasteiger partial charge in [0.25, 0.3) is 0 Å². The Morgan fingerprint density at radius 3 is 2.84 bits per heavy atom. The Hall–Kier alpha value is -3.10. The van der Waals surface area contributed by atoms with Crippen molar-refractivity contribution in [2.24, 2.45) is 0 Å². The van der Waals surface area contributed by atoms with E-state index in [1.54, 1.807) is 7.11 Å². The SMILES string of the molecule is C=C(Nc1c(C)c(N2CCC(=N)/C(=C\CCCC)C2)nn1-c1ccccc1)N[C@H]1CCN(CCOC)C1. The molecule has 37 heavy (non-hydrogen) atoms. The minimum absolute atomic E-state index is 0.355. The summed E-state index contributed by atoms with van der Waals surface area (Å²) in [7, 11) is 1.75. The van der Waals surface area contributed by atoms with Crippen LogP contribution < -0.4 is 15.5 Å². The summed E-state index contributed by atoms with van der Waals surface area (Å²) in [5, 5.41) is 20.7. The zero-order chi connectivity index (χ0) is 26.2. The average molecular weight is 506 g/mol. The van der Waals surface area contributed by atoms with Crippen molar-refractivity contribution in [1.82, 2.24) is 20.0 Å². The second-order valence-electron chi connectivity index (χ2n) is 10.1. The number of para-hydroxylation sites is 1.